The van der Waals surface area contributed by atoms with E-state index in [2.05, 4.69) is 114 Å². The van der Waals surface area contributed by atoms with E-state index >= 15 is 0 Å². The Balaban J connectivity index is 1.32. The first-order valence-corrected chi connectivity index (χ1v) is 14.1. The lowest BCUT2D eigenvalue weighted by molar-refractivity contribution is 1.18. The average Bonchev–Trinajstić information content (AvgIpc) is 3.09. The Labute approximate surface area is 243 Å². The Bertz CT molecular complexity index is 2190. The van der Waals surface area contributed by atoms with Gasteiger partial charge in [-0.25, -0.2) is 9.97 Å². The topological polar surface area (TPSA) is 38.7 Å². The number of pyridine rings is 1. The average molecular weight is 536 g/mol. The van der Waals surface area contributed by atoms with Gasteiger partial charge in [-0.3, -0.25) is 4.98 Å². The van der Waals surface area contributed by atoms with Crippen LogP contribution in [0, 0.1) is 0 Å². The third-order valence-corrected chi connectivity index (χ3v) is 7.99. The summed E-state index contributed by atoms with van der Waals surface area (Å²) in [6, 6.07) is 49.0. The van der Waals surface area contributed by atoms with Crippen LogP contribution in [0.4, 0.5) is 0 Å². The van der Waals surface area contributed by atoms with E-state index in [1.807, 2.05) is 42.7 Å². The van der Waals surface area contributed by atoms with Crippen LogP contribution in [0.3, 0.4) is 0 Å². The van der Waals surface area contributed by atoms with Gasteiger partial charge in [0.2, 0.25) is 0 Å². The molecule has 8 aromatic rings. The van der Waals surface area contributed by atoms with Crippen LogP contribution in [0.2, 0.25) is 0 Å². The van der Waals surface area contributed by atoms with Crippen LogP contribution >= 0.6 is 0 Å². The van der Waals surface area contributed by atoms with Crippen LogP contribution in [0.1, 0.15) is 0 Å². The molecule has 0 saturated heterocycles. The Morgan fingerprint density at radius 2 is 0.786 bits per heavy atom. The Morgan fingerprint density at radius 3 is 1.43 bits per heavy atom. The Morgan fingerprint density at radius 1 is 0.310 bits per heavy atom. The van der Waals surface area contributed by atoms with Crippen molar-refractivity contribution >= 4 is 32.3 Å². The molecule has 0 aliphatic rings. The highest BCUT2D eigenvalue weighted by Gasteiger charge is 2.14. The molecule has 196 valence electrons. The Kier molecular flexibility index (Phi) is 5.79. The van der Waals surface area contributed by atoms with Crippen molar-refractivity contribution in [2.45, 2.75) is 0 Å². The molecule has 0 aliphatic heterocycles. The van der Waals surface area contributed by atoms with Crippen molar-refractivity contribution in [3.63, 3.8) is 0 Å². The van der Waals surface area contributed by atoms with Gasteiger partial charge in [0.05, 0.1) is 11.4 Å². The van der Waals surface area contributed by atoms with Crippen molar-refractivity contribution in [2.24, 2.45) is 0 Å². The summed E-state index contributed by atoms with van der Waals surface area (Å²) in [6.07, 6.45) is 3.64. The molecule has 0 spiro atoms. The first kappa shape index (κ1) is 24.2. The van der Waals surface area contributed by atoms with E-state index < -0.39 is 0 Å². The van der Waals surface area contributed by atoms with Crippen molar-refractivity contribution < 1.29 is 0 Å². The molecule has 0 N–H and O–H groups in total. The minimum absolute atomic E-state index is 0.713. The maximum atomic E-state index is 5.10. The second-order valence-corrected chi connectivity index (χ2v) is 10.5. The SMILES string of the molecule is c1ccc(-c2nc(-c3ccc(-c4ccncc4)cc3)cc(-c3ccc4c5ccccc5c5ccccc5c4c3)n2)cc1. The lowest BCUT2D eigenvalue weighted by atomic mass is 9.92. The summed E-state index contributed by atoms with van der Waals surface area (Å²) in [7, 11) is 0. The smallest absolute Gasteiger partial charge is 0.160 e. The third kappa shape index (κ3) is 4.20. The van der Waals surface area contributed by atoms with Gasteiger partial charge >= 0.3 is 0 Å². The zero-order chi connectivity index (χ0) is 27.9. The van der Waals surface area contributed by atoms with Crippen molar-refractivity contribution in [2.75, 3.05) is 0 Å². The predicted octanol–water partition coefficient (Wildman–Crippen LogP) is 10.00. The van der Waals surface area contributed by atoms with E-state index in [0.717, 1.165) is 39.2 Å². The lowest BCUT2D eigenvalue weighted by Gasteiger charge is -2.13. The number of hydrogen-bond donors (Lipinski definition) is 0. The lowest BCUT2D eigenvalue weighted by Crippen LogP contribution is -1.96. The zero-order valence-electron chi connectivity index (χ0n) is 22.8. The van der Waals surface area contributed by atoms with Gasteiger partial charge in [0.25, 0.3) is 0 Å². The van der Waals surface area contributed by atoms with E-state index in [1.165, 1.54) is 32.3 Å². The minimum Gasteiger partial charge on any atom is -0.265 e. The highest BCUT2D eigenvalue weighted by Crippen LogP contribution is 2.37. The normalized spacial score (nSPS) is 11.3. The fourth-order valence-corrected chi connectivity index (χ4v) is 5.90. The fraction of sp³-hybridized carbons (Fsp3) is 0. The number of aromatic nitrogens is 3. The molecule has 0 unspecified atom stereocenters. The van der Waals surface area contributed by atoms with Crippen molar-refractivity contribution in [3.8, 4) is 45.0 Å². The quantitative estimate of drug-likeness (QED) is 0.211. The number of rotatable bonds is 4. The molecule has 2 heterocycles. The van der Waals surface area contributed by atoms with Crippen LogP contribution in [0.15, 0.2) is 152 Å². The molecule has 8 rings (SSSR count). The molecule has 0 radical (unpaired) electrons. The third-order valence-electron chi connectivity index (χ3n) is 7.99. The zero-order valence-corrected chi connectivity index (χ0v) is 22.8. The predicted molar refractivity (Wildman–Crippen MR) is 174 cm³/mol. The van der Waals surface area contributed by atoms with Crippen molar-refractivity contribution in [3.05, 3.63) is 152 Å². The van der Waals surface area contributed by atoms with Crippen LogP contribution < -0.4 is 0 Å². The summed E-state index contributed by atoms with van der Waals surface area (Å²) in [5, 5.41) is 7.53. The summed E-state index contributed by atoms with van der Waals surface area (Å²) >= 11 is 0. The molecular weight excluding hydrogens is 510 g/mol. The molecular formula is C39H25N3. The highest BCUT2D eigenvalue weighted by molar-refractivity contribution is 6.25. The van der Waals surface area contributed by atoms with Crippen LogP contribution in [0.5, 0.6) is 0 Å². The molecule has 0 amide bonds. The standard InChI is InChI=1S/C39H25N3/c1-2-8-29(9-3-1)39-41-37(28-16-14-26(15-17-28)27-20-22-40-23-21-27)25-38(42-39)30-18-19-35-33-12-5-4-10-31(33)32-11-6-7-13-34(32)36(35)24-30/h1-25H. The van der Waals surface area contributed by atoms with Crippen LogP contribution in [-0.2, 0) is 0 Å². The van der Waals surface area contributed by atoms with Crippen molar-refractivity contribution in [1.82, 2.24) is 15.0 Å². The number of nitrogens with zero attached hydrogens (tertiary/aromatic N) is 3. The van der Waals surface area contributed by atoms with E-state index in [4.69, 9.17) is 9.97 Å². The van der Waals surface area contributed by atoms with E-state index in [0.29, 0.717) is 5.82 Å². The molecule has 0 saturated carbocycles. The summed E-state index contributed by atoms with van der Waals surface area (Å²) in [4.78, 5) is 14.3. The van der Waals surface area contributed by atoms with E-state index in [-0.39, 0.29) is 0 Å². The largest absolute Gasteiger partial charge is 0.265 e. The monoisotopic (exact) mass is 535 g/mol. The molecule has 0 bridgehead atoms. The van der Waals surface area contributed by atoms with Gasteiger partial charge in [-0.2, -0.15) is 0 Å². The maximum absolute atomic E-state index is 5.10. The summed E-state index contributed by atoms with van der Waals surface area (Å²) in [6.45, 7) is 0. The first-order chi connectivity index (χ1) is 20.8. The molecule has 6 aromatic carbocycles. The van der Waals surface area contributed by atoms with E-state index in [9.17, 15) is 0 Å². The maximum Gasteiger partial charge on any atom is 0.160 e. The van der Waals surface area contributed by atoms with Gasteiger partial charge in [0.1, 0.15) is 0 Å². The van der Waals surface area contributed by atoms with Gasteiger partial charge in [-0.05, 0) is 67.7 Å². The first-order valence-electron chi connectivity index (χ1n) is 14.1. The summed E-state index contributed by atoms with van der Waals surface area (Å²) in [5.74, 6) is 0.713. The van der Waals surface area contributed by atoms with Crippen molar-refractivity contribution in [1.29, 1.82) is 0 Å². The van der Waals surface area contributed by atoms with E-state index in [1.54, 1.807) is 0 Å². The van der Waals surface area contributed by atoms with Gasteiger partial charge in [-0.1, -0.05) is 115 Å². The second kappa shape index (κ2) is 10.1. The molecule has 0 atom stereocenters. The molecule has 3 nitrogen and oxygen atoms in total. The molecule has 2 aromatic heterocycles. The summed E-state index contributed by atoms with van der Waals surface area (Å²) in [5.41, 5.74) is 7.18. The van der Waals surface area contributed by atoms with Crippen LogP contribution in [-0.4, -0.2) is 15.0 Å². The van der Waals surface area contributed by atoms with Gasteiger partial charge < -0.3 is 0 Å². The number of hydrogen-bond acceptors (Lipinski definition) is 3. The van der Waals surface area contributed by atoms with Gasteiger partial charge in [-0.15, -0.1) is 0 Å². The summed E-state index contributed by atoms with van der Waals surface area (Å²) < 4.78 is 0. The molecule has 0 aliphatic carbocycles. The van der Waals surface area contributed by atoms with Crippen LogP contribution in [0.25, 0.3) is 77.3 Å². The Hall–Kier alpha value is -5.67. The fourth-order valence-electron chi connectivity index (χ4n) is 5.90. The number of fused-ring (bicyclic) bond motifs is 6. The highest BCUT2D eigenvalue weighted by atomic mass is 14.9. The molecule has 0 fully saturated rings. The second-order valence-electron chi connectivity index (χ2n) is 10.5. The number of benzene rings is 6. The molecule has 3 heteroatoms. The van der Waals surface area contributed by atoms with Gasteiger partial charge in [0, 0.05) is 29.1 Å². The minimum atomic E-state index is 0.713. The molecule has 42 heavy (non-hydrogen) atoms. The van der Waals surface area contributed by atoms with Gasteiger partial charge in [0.15, 0.2) is 5.82 Å².